The summed E-state index contributed by atoms with van der Waals surface area (Å²) < 4.78 is 0. The summed E-state index contributed by atoms with van der Waals surface area (Å²) >= 11 is 0. The van der Waals surface area contributed by atoms with Crippen molar-refractivity contribution in [1.82, 2.24) is 4.98 Å². The predicted molar refractivity (Wildman–Crippen MR) is 74.2 cm³/mol. The van der Waals surface area contributed by atoms with E-state index in [2.05, 4.69) is 9.98 Å². The largest absolute Gasteiger partial charge is 0.397 e. The van der Waals surface area contributed by atoms with Gasteiger partial charge in [-0.25, -0.2) is 0 Å². The minimum absolute atomic E-state index is 0.110. The van der Waals surface area contributed by atoms with Crippen molar-refractivity contribution in [3.8, 4) is 0 Å². The molecule has 0 saturated carbocycles. The van der Waals surface area contributed by atoms with Gasteiger partial charge in [0.25, 0.3) is 0 Å². The number of hydrogen-bond donors (Lipinski definition) is 2. The number of pyridine rings is 1. The third-order valence-corrected chi connectivity index (χ3v) is 2.72. The van der Waals surface area contributed by atoms with Gasteiger partial charge in [-0.2, -0.15) is 0 Å². The number of H-pyrrole nitrogens is 1. The van der Waals surface area contributed by atoms with Crippen molar-refractivity contribution in [1.29, 1.82) is 0 Å². The number of aliphatic imine (C=N–C) groups is 1. The predicted octanol–water partition coefficient (Wildman–Crippen LogP) is 1.98. The lowest BCUT2D eigenvalue weighted by atomic mass is 10.1. The Morgan fingerprint density at radius 2 is 2.33 bits per heavy atom. The van der Waals surface area contributed by atoms with Crippen molar-refractivity contribution in [2.75, 3.05) is 0 Å². The van der Waals surface area contributed by atoms with Crippen LogP contribution in [0.1, 0.15) is 18.9 Å². The fourth-order valence-electron chi connectivity index (χ4n) is 1.65. The van der Waals surface area contributed by atoms with E-state index in [0.29, 0.717) is 5.70 Å². The summed E-state index contributed by atoms with van der Waals surface area (Å²) in [5.74, 6) is 0. The van der Waals surface area contributed by atoms with Gasteiger partial charge in [0.2, 0.25) is 5.56 Å². The van der Waals surface area contributed by atoms with Gasteiger partial charge in [0, 0.05) is 24.9 Å². The fourth-order valence-corrected chi connectivity index (χ4v) is 1.65. The van der Waals surface area contributed by atoms with Crippen molar-refractivity contribution in [2.45, 2.75) is 13.3 Å². The molecular weight excluding hydrogens is 226 g/mol. The van der Waals surface area contributed by atoms with Crippen LogP contribution in [0.15, 0.2) is 58.2 Å². The Morgan fingerprint density at radius 1 is 1.50 bits per heavy atom. The maximum Gasteiger partial charge on any atom is 0.248 e. The molecule has 0 fully saturated rings. The molecule has 2 heterocycles. The van der Waals surface area contributed by atoms with Crippen LogP contribution in [0.2, 0.25) is 0 Å². The second-order valence-electron chi connectivity index (χ2n) is 4.08. The highest BCUT2D eigenvalue weighted by Gasteiger charge is 2.03. The van der Waals surface area contributed by atoms with E-state index in [9.17, 15) is 4.79 Å². The standard InChI is InChI=1S/C14H15N3O/c1-10(11-6-8-17-14(18)9-11)4-5-12(15)13-3-2-7-16-13/h2,4-9H,3,15H2,1H3,(H,17,18)/b10-4+,12-5+. The molecule has 0 atom stereocenters. The highest BCUT2D eigenvalue weighted by molar-refractivity contribution is 6.02. The lowest BCUT2D eigenvalue weighted by molar-refractivity contribution is 1.23. The molecule has 0 aliphatic carbocycles. The van der Waals surface area contributed by atoms with Crippen molar-refractivity contribution < 1.29 is 0 Å². The Labute approximate surface area is 105 Å². The normalized spacial score (nSPS) is 15.9. The third kappa shape index (κ3) is 2.85. The van der Waals surface area contributed by atoms with Crippen LogP contribution >= 0.6 is 0 Å². The summed E-state index contributed by atoms with van der Waals surface area (Å²) in [4.78, 5) is 17.9. The molecule has 0 spiro atoms. The number of nitrogens with zero attached hydrogens (tertiary/aromatic N) is 1. The van der Waals surface area contributed by atoms with Crippen molar-refractivity contribution >= 4 is 11.3 Å². The van der Waals surface area contributed by atoms with E-state index >= 15 is 0 Å². The van der Waals surface area contributed by atoms with E-state index in [1.165, 1.54) is 0 Å². The molecule has 3 N–H and O–H groups in total. The monoisotopic (exact) mass is 241 g/mol. The molecule has 4 nitrogen and oxygen atoms in total. The van der Waals surface area contributed by atoms with Crippen LogP contribution < -0.4 is 11.3 Å². The molecule has 0 saturated heterocycles. The molecule has 0 radical (unpaired) electrons. The molecule has 4 heteroatoms. The second kappa shape index (κ2) is 5.31. The zero-order valence-electron chi connectivity index (χ0n) is 10.2. The van der Waals surface area contributed by atoms with Gasteiger partial charge in [0.15, 0.2) is 0 Å². The number of aromatic amines is 1. The minimum Gasteiger partial charge on any atom is -0.397 e. The van der Waals surface area contributed by atoms with Gasteiger partial charge in [-0.3, -0.25) is 9.79 Å². The number of nitrogens with one attached hydrogen (secondary N) is 1. The molecule has 0 bridgehead atoms. The van der Waals surface area contributed by atoms with Gasteiger partial charge >= 0.3 is 0 Å². The fraction of sp³-hybridized carbons (Fsp3) is 0.143. The van der Waals surface area contributed by atoms with Gasteiger partial charge in [-0.1, -0.05) is 12.2 Å². The maximum absolute atomic E-state index is 11.2. The summed E-state index contributed by atoms with van der Waals surface area (Å²) in [6.45, 7) is 1.94. The molecule has 0 unspecified atom stereocenters. The first-order valence-corrected chi connectivity index (χ1v) is 5.72. The Kier molecular flexibility index (Phi) is 3.57. The smallest absolute Gasteiger partial charge is 0.248 e. The third-order valence-electron chi connectivity index (χ3n) is 2.72. The van der Waals surface area contributed by atoms with Crippen LogP contribution in [0.3, 0.4) is 0 Å². The molecular formula is C14H15N3O. The highest BCUT2D eigenvalue weighted by atomic mass is 16.1. The van der Waals surface area contributed by atoms with Crippen LogP contribution in [-0.4, -0.2) is 10.7 Å². The summed E-state index contributed by atoms with van der Waals surface area (Å²) in [7, 11) is 0. The van der Waals surface area contributed by atoms with E-state index in [-0.39, 0.29) is 5.56 Å². The number of rotatable bonds is 3. The number of aromatic nitrogens is 1. The summed E-state index contributed by atoms with van der Waals surface area (Å²) in [5.41, 5.74) is 9.21. The van der Waals surface area contributed by atoms with Gasteiger partial charge in [-0.05, 0) is 30.2 Å². The lowest BCUT2D eigenvalue weighted by Gasteiger charge is -2.01. The molecule has 18 heavy (non-hydrogen) atoms. The number of nitrogens with two attached hydrogens (primary N) is 1. The summed E-state index contributed by atoms with van der Waals surface area (Å²) in [6.07, 6.45) is 9.84. The molecule has 1 aromatic heterocycles. The van der Waals surface area contributed by atoms with Crippen LogP contribution in [0.5, 0.6) is 0 Å². The number of allylic oxidation sites excluding steroid dienone is 5. The Morgan fingerprint density at radius 3 is 3.00 bits per heavy atom. The topological polar surface area (TPSA) is 71.2 Å². The summed E-state index contributed by atoms with van der Waals surface area (Å²) in [6, 6.07) is 3.41. The SMILES string of the molecule is C/C(=C\C=C(\N)C1=NC=CC1)c1cc[nH]c(=O)c1. The van der Waals surface area contributed by atoms with E-state index in [4.69, 9.17) is 5.73 Å². The van der Waals surface area contributed by atoms with Crippen molar-refractivity contribution in [3.05, 3.63) is 64.4 Å². The molecule has 1 aromatic rings. The summed E-state index contributed by atoms with van der Waals surface area (Å²) in [5, 5.41) is 0. The Hall–Kier alpha value is -2.36. The molecule has 1 aliphatic heterocycles. The van der Waals surface area contributed by atoms with Gasteiger partial charge < -0.3 is 10.7 Å². The Balaban J connectivity index is 2.18. The van der Waals surface area contributed by atoms with Gasteiger partial charge in [0.05, 0.1) is 11.4 Å². The molecule has 0 amide bonds. The Bertz CT molecular complexity index is 618. The highest BCUT2D eigenvalue weighted by Crippen LogP contribution is 2.12. The van der Waals surface area contributed by atoms with Crippen LogP contribution in [0, 0.1) is 0 Å². The van der Waals surface area contributed by atoms with Crippen LogP contribution in [0.25, 0.3) is 5.57 Å². The number of hydrogen-bond acceptors (Lipinski definition) is 3. The van der Waals surface area contributed by atoms with E-state index < -0.39 is 0 Å². The molecule has 92 valence electrons. The average Bonchev–Trinajstić information content (AvgIpc) is 2.89. The molecule has 0 aromatic carbocycles. The van der Waals surface area contributed by atoms with E-state index in [1.807, 2.05) is 31.2 Å². The van der Waals surface area contributed by atoms with Gasteiger partial charge in [0.1, 0.15) is 0 Å². The first-order chi connectivity index (χ1) is 8.66. The van der Waals surface area contributed by atoms with Crippen molar-refractivity contribution in [3.63, 3.8) is 0 Å². The second-order valence-corrected chi connectivity index (χ2v) is 4.08. The zero-order chi connectivity index (χ0) is 13.0. The van der Waals surface area contributed by atoms with Crippen LogP contribution in [0.4, 0.5) is 0 Å². The van der Waals surface area contributed by atoms with E-state index in [1.54, 1.807) is 18.5 Å². The van der Waals surface area contributed by atoms with E-state index in [0.717, 1.165) is 23.3 Å². The zero-order valence-corrected chi connectivity index (χ0v) is 10.2. The molecule has 1 aliphatic rings. The quantitative estimate of drug-likeness (QED) is 0.794. The molecule has 2 rings (SSSR count). The first kappa shape index (κ1) is 12.1. The van der Waals surface area contributed by atoms with Crippen LogP contribution in [-0.2, 0) is 0 Å². The van der Waals surface area contributed by atoms with Crippen molar-refractivity contribution in [2.24, 2.45) is 10.7 Å². The van der Waals surface area contributed by atoms with Gasteiger partial charge in [-0.15, -0.1) is 0 Å². The maximum atomic E-state index is 11.2. The first-order valence-electron chi connectivity index (χ1n) is 5.72. The lowest BCUT2D eigenvalue weighted by Crippen LogP contribution is -2.08. The minimum atomic E-state index is -0.110. The average molecular weight is 241 g/mol.